The highest BCUT2D eigenvalue weighted by atomic mass is 32.1. The molecule has 0 fully saturated rings. The summed E-state index contributed by atoms with van der Waals surface area (Å²) in [5.74, 6) is 2.92. The Morgan fingerprint density at radius 3 is 2.90 bits per heavy atom. The van der Waals surface area contributed by atoms with Gasteiger partial charge in [-0.1, -0.05) is 32.6 Å². The van der Waals surface area contributed by atoms with Crippen molar-refractivity contribution >= 4 is 17.2 Å². The van der Waals surface area contributed by atoms with Crippen molar-refractivity contribution in [2.24, 2.45) is 0 Å². The average molecular weight is 304 g/mol. The molecule has 0 saturated heterocycles. The van der Waals surface area contributed by atoms with E-state index in [4.69, 9.17) is 16.4 Å². The first-order chi connectivity index (χ1) is 10.1. The number of thiophene rings is 1. The Labute approximate surface area is 130 Å². The van der Waals surface area contributed by atoms with E-state index in [9.17, 15) is 4.79 Å². The first-order valence-electron chi connectivity index (χ1n) is 7.00. The van der Waals surface area contributed by atoms with Gasteiger partial charge in [0.15, 0.2) is 6.61 Å². The second-order valence-corrected chi connectivity index (χ2v) is 5.61. The summed E-state index contributed by atoms with van der Waals surface area (Å²) in [7, 11) is 0. The summed E-state index contributed by atoms with van der Waals surface area (Å²) in [6.07, 6.45) is 9.05. The van der Waals surface area contributed by atoms with Gasteiger partial charge in [0.1, 0.15) is 22.2 Å². The van der Waals surface area contributed by atoms with E-state index >= 15 is 0 Å². The normalized spacial score (nSPS) is 12.8. The Bertz CT molecular complexity index is 553. The van der Waals surface area contributed by atoms with E-state index in [-0.39, 0.29) is 12.5 Å². The predicted octanol–water partition coefficient (Wildman–Crippen LogP) is 3.35. The molecule has 0 aromatic carbocycles. The Morgan fingerprint density at radius 2 is 2.33 bits per heavy atom. The molecule has 0 aliphatic rings. The van der Waals surface area contributed by atoms with Crippen LogP contribution >= 0.6 is 11.3 Å². The number of hydrogen-bond acceptors (Lipinski definition) is 4. The Balaban J connectivity index is 2.86. The third kappa shape index (κ3) is 4.51. The maximum atomic E-state index is 12.4. The van der Waals surface area contributed by atoms with E-state index in [1.807, 2.05) is 13.0 Å². The number of nitrogens with zero attached hydrogens (tertiary/aromatic N) is 1. The van der Waals surface area contributed by atoms with Crippen LogP contribution in [0.25, 0.3) is 0 Å². The minimum Gasteiger partial charge on any atom is -0.477 e. The predicted molar refractivity (Wildman–Crippen MR) is 84.3 cm³/mol. The van der Waals surface area contributed by atoms with Gasteiger partial charge in [-0.3, -0.25) is 4.79 Å². The lowest BCUT2D eigenvalue weighted by Crippen LogP contribution is -2.46. The average Bonchev–Trinajstić information content (AvgIpc) is 2.98. The molecule has 0 aliphatic heterocycles. The van der Waals surface area contributed by atoms with Gasteiger partial charge in [0.25, 0.3) is 5.91 Å². The molecule has 1 rings (SSSR count). The van der Waals surface area contributed by atoms with E-state index in [1.165, 1.54) is 11.3 Å². The highest BCUT2D eigenvalue weighted by Gasteiger charge is 2.29. The summed E-state index contributed by atoms with van der Waals surface area (Å²) >= 11 is 1.28. The van der Waals surface area contributed by atoms with Crippen molar-refractivity contribution in [2.45, 2.75) is 45.1 Å². The number of unbranched alkanes of at least 4 members (excludes halogenated alkanes) is 1. The molecule has 1 amide bonds. The number of carbonyl (C=O) groups is 1. The maximum absolute atomic E-state index is 12.4. The summed E-state index contributed by atoms with van der Waals surface area (Å²) in [6.45, 7) is 3.98. The third-order valence-corrected chi connectivity index (χ3v) is 4.21. The van der Waals surface area contributed by atoms with Crippen LogP contribution in [0.2, 0.25) is 0 Å². The van der Waals surface area contributed by atoms with Crippen molar-refractivity contribution in [2.75, 3.05) is 6.61 Å². The van der Waals surface area contributed by atoms with Crippen LogP contribution in [0.5, 0.6) is 5.75 Å². The van der Waals surface area contributed by atoms with E-state index < -0.39 is 5.54 Å². The first kappa shape index (κ1) is 17.1. The molecule has 0 radical (unpaired) electrons. The molecule has 0 saturated carbocycles. The molecular weight excluding hydrogens is 284 g/mol. The minimum atomic E-state index is -0.621. The van der Waals surface area contributed by atoms with Crippen LogP contribution in [0.1, 0.15) is 49.2 Å². The molecule has 21 heavy (non-hydrogen) atoms. The molecular formula is C16H20N2O2S. The van der Waals surface area contributed by atoms with E-state index in [0.717, 1.165) is 19.3 Å². The number of amides is 1. The van der Waals surface area contributed by atoms with Gasteiger partial charge < -0.3 is 10.1 Å². The fourth-order valence-electron chi connectivity index (χ4n) is 1.98. The Hall–Kier alpha value is -1.98. The van der Waals surface area contributed by atoms with Gasteiger partial charge in [-0.05, 0) is 24.3 Å². The molecule has 1 aromatic rings. The van der Waals surface area contributed by atoms with E-state index in [0.29, 0.717) is 17.0 Å². The lowest BCUT2D eigenvalue weighted by Gasteiger charge is -2.28. The van der Waals surface area contributed by atoms with Gasteiger partial charge in [-0.15, -0.1) is 17.8 Å². The molecule has 112 valence electrons. The Morgan fingerprint density at radius 1 is 1.57 bits per heavy atom. The number of ether oxygens (including phenoxy) is 1. The van der Waals surface area contributed by atoms with Crippen LogP contribution in [-0.4, -0.2) is 18.1 Å². The fourth-order valence-corrected chi connectivity index (χ4v) is 2.71. The number of hydrogen-bond donors (Lipinski definition) is 1. The van der Waals surface area contributed by atoms with Crippen molar-refractivity contribution in [3.05, 3.63) is 16.3 Å². The van der Waals surface area contributed by atoms with Gasteiger partial charge >= 0.3 is 0 Å². The van der Waals surface area contributed by atoms with Crippen molar-refractivity contribution < 1.29 is 9.53 Å². The molecule has 0 aliphatic carbocycles. The zero-order valence-electron chi connectivity index (χ0n) is 12.4. The number of nitrogens with one attached hydrogen (secondary N) is 1. The number of terminal acetylenes is 1. The maximum Gasteiger partial charge on any atom is 0.266 e. The van der Waals surface area contributed by atoms with Crippen LogP contribution in [0.15, 0.2) is 11.4 Å². The lowest BCUT2D eigenvalue weighted by molar-refractivity contribution is 0.0915. The number of nitriles is 1. The first-order valence-corrected chi connectivity index (χ1v) is 7.88. The molecule has 1 heterocycles. The largest absolute Gasteiger partial charge is 0.477 e. The fraction of sp³-hybridized carbons (Fsp3) is 0.500. The molecule has 0 spiro atoms. The summed E-state index contributed by atoms with van der Waals surface area (Å²) in [5, 5.41) is 13.3. The van der Waals surface area contributed by atoms with Crippen LogP contribution in [0.3, 0.4) is 0 Å². The highest BCUT2D eigenvalue weighted by molar-refractivity contribution is 7.12. The minimum absolute atomic E-state index is 0.0824. The van der Waals surface area contributed by atoms with Crippen molar-refractivity contribution in [3.63, 3.8) is 0 Å². The Kier molecular flexibility index (Phi) is 6.78. The topological polar surface area (TPSA) is 62.1 Å². The number of carbonyl (C=O) groups excluding carboxylic acids is 1. The number of rotatable bonds is 8. The van der Waals surface area contributed by atoms with Crippen LogP contribution in [0.4, 0.5) is 0 Å². The van der Waals surface area contributed by atoms with E-state index in [1.54, 1.807) is 11.4 Å². The monoisotopic (exact) mass is 304 g/mol. The van der Waals surface area contributed by atoms with Gasteiger partial charge in [0.05, 0.1) is 0 Å². The summed E-state index contributed by atoms with van der Waals surface area (Å²) < 4.78 is 5.25. The summed E-state index contributed by atoms with van der Waals surface area (Å²) in [6, 6.07) is 3.58. The van der Waals surface area contributed by atoms with Crippen molar-refractivity contribution in [1.29, 1.82) is 5.26 Å². The smallest absolute Gasteiger partial charge is 0.266 e. The third-order valence-electron chi connectivity index (χ3n) is 3.32. The molecule has 0 bridgehead atoms. The van der Waals surface area contributed by atoms with Crippen molar-refractivity contribution in [3.8, 4) is 24.2 Å². The van der Waals surface area contributed by atoms with Gasteiger partial charge in [-0.2, -0.15) is 5.26 Å². The quantitative estimate of drug-likeness (QED) is 0.749. The molecule has 1 atom stereocenters. The molecule has 1 N–H and O–H groups in total. The molecule has 1 unspecified atom stereocenters. The molecule has 4 nitrogen and oxygen atoms in total. The van der Waals surface area contributed by atoms with Crippen LogP contribution in [0, 0.1) is 23.7 Å². The van der Waals surface area contributed by atoms with Crippen molar-refractivity contribution in [1.82, 2.24) is 5.32 Å². The summed E-state index contributed by atoms with van der Waals surface area (Å²) in [4.78, 5) is 12.9. The lowest BCUT2D eigenvalue weighted by atomic mass is 9.90. The molecule has 1 aromatic heterocycles. The SMILES string of the molecule is C#CC(CC)(CCCC)NC(=O)c1sccc1OCC#N. The zero-order chi connectivity index (χ0) is 15.7. The standard InChI is InChI=1S/C16H20N2O2S/c1-4-7-9-16(5-2,6-3)18-15(19)14-13(8-12-21-14)20-11-10-17/h2,8,12H,4,6-7,9,11H2,1,3H3,(H,18,19). The zero-order valence-corrected chi connectivity index (χ0v) is 13.3. The summed E-state index contributed by atoms with van der Waals surface area (Å²) in [5.41, 5.74) is -0.621. The van der Waals surface area contributed by atoms with Gasteiger partial charge in [0, 0.05) is 0 Å². The van der Waals surface area contributed by atoms with E-state index in [2.05, 4.69) is 18.2 Å². The van der Waals surface area contributed by atoms with Crippen LogP contribution < -0.4 is 10.1 Å². The molecule has 5 heteroatoms. The second-order valence-electron chi connectivity index (χ2n) is 4.70. The van der Waals surface area contributed by atoms with Gasteiger partial charge in [0.2, 0.25) is 0 Å². The second kappa shape index (κ2) is 8.34. The van der Waals surface area contributed by atoms with Crippen LogP contribution in [-0.2, 0) is 0 Å². The highest BCUT2D eigenvalue weighted by Crippen LogP contribution is 2.26. The van der Waals surface area contributed by atoms with Gasteiger partial charge in [-0.25, -0.2) is 0 Å².